The van der Waals surface area contributed by atoms with Gasteiger partial charge < -0.3 is 24.4 Å². The molecule has 9 heteroatoms. The van der Waals surface area contributed by atoms with Gasteiger partial charge in [-0.05, 0) is 57.6 Å². The number of halogens is 1. The number of carbonyl (C=O) groups excluding carboxylic acids is 3. The largest absolute Gasteiger partial charge is 0.466 e. The molecular weight excluding hydrogens is 496 g/mol. The van der Waals surface area contributed by atoms with E-state index in [4.69, 9.17) is 21.1 Å². The zero-order chi connectivity index (χ0) is 27.1. The number of esters is 1. The van der Waals surface area contributed by atoms with Gasteiger partial charge in [0.1, 0.15) is 17.6 Å². The Hall–Kier alpha value is -2.42. The van der Waals surface area contributed by atoms with E-state index in [2.05, 4.69) is 6.58 Å². The Labute approximate surface area is 223 Å². The molecule has 8 nitrogen and oxygen atoms in total. The number of unbranched alkanes of at least 4 members (excludes halogenated alkanes) is 1. The third kappa shape index (κ3) is 4.17. The number of nitrogens with zero attached hydrogens (tertiary/aromatic N) is 2. The molecule has 1 aromatic rings. The van der Waals surface area contributed by atoms with Crippen molar-refractivity contribution in [1.82, 2.24) is 4.90 Å². The first kappa shape index (κ1) is 27.6. The zero-order valence-corrected chi connectivity index (χ0v) is 22.8. The molecule has 1 spiro atoms. The minimum absolute atomic E-state index is 0.0202. The molecule has 3 fully saturated rings. The topological polar surface area (TPSA) is 96.4 Å². The van der Waals surface area contributed by atoms with Crippen molar-refractivity contribution >= 4 is 35.1 Å². The van der Waals surface area contributed by atoms with Gasteiger partial charge in [0.2, 0.25) is 5.91 Å². The molecule has 1 aromatic carbocycles. The summed E-state index contributed by atoms with van der Waals surface area (Å²) in [5.41, 5.74) is -0.723. The molecule has 2 amide bonds. The van der Waals surface area contributed by atoms with Crippen LogP contribution in [0, 0.1) is 24.7 Å². The molecule has 0 aromatic heterocycles. The Balaban J connectivity index is 1.84. The molecule has 0 saturated carbocycles. The van der Waals surface area contributed by atoms with E-state index < -0.39 is 35.0 Å². The highest BCUT2D eigenvalue weighted by Crippen LogP contribution is 2.65. The smallest absolute Gasteiger partial charge is 0.312 e. The van der Waals surface area contributed by atoms with Crippen molar-refractivity contribution in [2.45, 2.75) is 64.2 Å². The third-order valence-electron chi connectivity index (χ3n) is 8.43. The number of para-hydroxylation sites is 1. The summed E-state index contributed by atoms with van der Waals surface area (Å²) in [6.07, 6.45) is 3.09. The van der Waals surface area contributed by atoms with Crippen LogP contribution in [0.5, 0.6) is 0 Å². The molecule has 3 saturated heterocycles. The van der Waals surface area contributed by atoms with E-state index in [0.29, 0.717) is 30.0 Å². The van der Waals surface area contributed by atoms with Crippen LogP contribution in [0.3, 0.4) is 0 Å². The number of aryl methyl sites for hydroxylation is 1. The first-order valence-electron chi connectivity index (χ1n) is 13.0. The van der Waals surface area contributed by atoms with Crippen LogP contribution in [0.25, 0.3) is 0 Å². The normalized spacial score (nSPS) is 31.9. The van der Waals surface area contributed by atoms with Gasteiger partial charge in [-0.3, -0.25) is 14.4 Å². The molecule has 0 aliphatic carbocycles. The van der Waals surface area contributed by atoms with Crippen molar-refractivity contribution < 1.29 is 29.0 Å². The monoisotopic (exact) mass is 532 g/mol. The number of aliphatic hydroxyl groups excluding tert-OH is 1. The number of ether oxygens (including phenoxy) is 2. The van der Waals surface area contributed by atoms with Crippen LogP contribution in [0.2, 0.25) is 5.02 Å². The van der Waals surface area contributed by atoms with Crippen molar-refractivity contribution in [2.75, 3.05) is 31.2 Å². The first-order chi connectivity index (χ1) is 17.6. The fourth-order valence-corrected chi connectivity index (χ4v) is 7.10. The molecule has 6 atom stereocenters. The Kier molecular flexibility index (Phi) is 7.75. The van der Waals surface area contributed by atoms with Gasteiger partial charge >= 0.3 is 5.97 Å². The summed E-state index contributed by atoms with van der Waals surface area (Å²) in [4.78, 5) is 45.0. The molecule has 3 aliphatic rings. The molecular formula is C28H37ClN2O6. The summed E-state index contributed by atoms with van der Waals surface area (Å²) >= 11 is 6.58. The van der Waals surface area contributed by atoms with E-state index in [-0.39, 0.29) is 44.0 Å². The lowest BCUT2D eigenvalue weighted by atomic mass is 9.62. The Morgan fingerprint density at radius 3 is 2.73 bits per heavy atom. The first-order valence-corrected chi connectivity index (χ1v) is 13.4. The van der Waals surface area contributed by atoms with Crippen LogP contribution in [-0.4, -0.2) is 71.3 Å². The maximum atomic E-state index is 14.5. The van der Waals surface area contributed by atoms with Gasteiger partial charge in [-0.2, -0.15) is 0 Å². The molecule has 3 aliphatic heterocycles. The molecule has 3 unspecified atom stereocenters. The minimum Gasteiger partial charge on any atom is -0.466 e. The fourth-order valence-electron chi connectivity index (χ4n) is 6.78. The second-order valence-corrected chi connectivity index (χ2v) is 11.0. The van der Waals surface area contributed by atoms with Gasteiger partial charge in [0.05, 0.1) is 28.8 Å². The predicted octanol–water partition coefficient (Wildman–Crippen LogP) is 3.51. The van der Waals surface area contributed by atoms with Crippen LogP contribution in [0.4, 0.5) is 5.69 Å². The maximum Gasteiger partial charge on any atom is 0.312 e. The number of hydrogen-bond acceptors (Lipinski definition) is 6. The van der Waals surface area contributed by atoms with Crippen LogP contribution in [0.1, 0.15) is 45.6 Å². The minimum atomic E-state index is -1.17. The number of fused-ring (bicyclic) bond motifs is 1. The number of benzene rings is 1. The van der Waals surface area contributed by atoms with Gasteiger partial charge in [-0.25, -0.2) is 0 Å². The second kappa shape index (κ2) is 10.4. The van der Waals surface area contributed by atoms with Crippen LogP contribution >= 0.6 is 11.6 Å². The van der Waals surface area contributed by atoms with Crippen molar-refractivity contribution in [2.24, 2.45) is 17.8 Å². The highest BCUT2D eigenvalue weighted by atomic mass is 35.5. The predicted molar refractivity (Wildman–Crippen MR) is 140 cm³/mol. The quantitative estimate of drug-likeness (QED) is 0.281. The molecule has 2 bridgehead atoms. The molecule has 1 N–H and O–H groups in total. The summed E-state index contributed by atoms with van der Waals surface area (Å²) in [5, 5.41) is 9.78. The zero-order valence-electron chi connectivity index (χ0n) is 22.0. The van der Waals surface area contributed by atoms with Crippen LogP contribution < -0.4 is 4.90 Å². The van der Waals surface area contributed by atoms with Gasteiger partial charge in [0.25, 0.3) is 5.91 Å². The lowest BCUT2D eigenvalue weighted by Gasteiger charge is -2.37. The van der Waals surface area contributed by atoms with Crippen molar-refractivity contribution in [3.05, 3.63) is 41.4 Å². The average Bonchev–Trinajstić information content (AvgIpc) is 3.35. The summed E-state index contributed by atoms with van der Waals surface area (Å²) in [6, 6.07) is 4.47. The Bertz CT molecular complexity index is 1070. The second-order valence-electron chi connectivity index (χ2n) is 10.6. The highest BCUT2D eigenvalue weighted by Gasteiger charge is 2.80. The van der Waals surface area contributed by atoms with E-state index in [1.54, 1.807) is 28.9 Å². The summed E-state index contributed by atoms with van der Waals surface area (Å²) in [7, 11) is 0. The number of carbonyl (C=O) groups is 3. The van der Waals surface area contributed by atoms with E-state index >= 15 is 0 Å². The third-order valence-corrected chi connectivity index (χ3v) is 8.74. The highest BCUT2D eigenvalue weighted by molar-refractivity contribution is 6.34. The van der Waals surface area contributed by atoms with Crippen molar-refractivity contribution in [3.8, 4) is 0 Å². The maximum absolute atomic E-state index is 14.5. The van der Waals surface area contributed by atoms with E-state index in [9.17, 15) is 19.5 Å². The van der Waals surface area contributed by atoms with Crippen LogP contribution in [-0.2, 0) is 23.9 Å². The number of rotatable bonds is 10. The number of amides is 2. The van der Waals surface area contributed by atoms with Gasteiger partial charge in [-0.15, -0.1) is 6.58 Å². The number of aliphatic hydroxyl groups is 1. The number of likely N-dealkylation sites (tertiary alicyclic amines) is 1. The van der Waals surface area contributed by atoms with Gasteiger partial charge in [-0.1, -0.05) is 36.7 Å². The summed E-state index contributed by atoms with van der Waals surface area (Å²) in [5.74, 6) is -2.78. The average molecular weight is 533 g/mol. The molecule has 0 radical (unpaired) electrons. The van der Waals surface area contributed by atoms with Crippen LogP contribution in [0.15, 0.2) is 30.9 Å². The standard InChI is InChI=1S/C28H37ClN2O6/c1-6-13-30(22-17(3)11-10-12-19(22)29)25(34)23-28-16-18(4)27(5,37-28)21(26(35)36-7-2)20(28)24(33)31(23)14-8-9-15-32/h6,10-12,18,20-21,23,32H,1,7-9,13-16H2,2-5H3/t18?,20-,21-,23?,27+,28?/m0/s1. The SMILES string of the molecule is C=CCN(C(=O)C1N(CCCCO)C(=O)[C@@H]2[C@@H](C(=O)OCC)[C@]3(C)OC12CC3C)c1c(C)cccc1Cl. The number of anilines is 1. The van der Waals surface area contributed by atoms with Crippen molar-refractivity contribution in [1.29, 1.82) is 0 Å². The number of hydrogen-bond donors (Lipinski definition) is 1. The molecule has 37 heavy (non-hydrogen) atoms. The molecule has 3 heterocycles. The lowest BCUT2D eigenvalue weighted by Crippen LogP contribution is -2.57. The van der Waals surface area contributed by atoms with E-state index in [1.807, 2.05) is 32.9 Å². The van der Waals surface area contributed by atoms with E-state index in [0.717, 1.165) is 5.56 Å². The van der Waals surface area contributed by atoms with Gasteiger partial charge in [0.15, 0.2) is 0 Å². The Morgan fingerprint density at radius 2 is 2.11 bits per heavy atom. The van der Waals surface area contributed by atoms with E-state index in [1.165, 1.54) is 0 Å². The molecule has 202 valence electrons. The summed E-state index contributed by atoms with van der Waals surface area (Å²) < 4.78 is 12.1. The lowest BCUT2D eigenvalue weighted by molar-refractivity contribution is -0.161. The summed E-state index contributed by atoms with van der Waals surface area (Å²) in [6.45, 7) is 11.9. The van der Waals surface area contributed by atoms with Crippen molar-refractivity contribution in [3.63, 3.8) is 0 Å². The fraction of sp³-hybridized carbons (Fsp3) is 0.607. The molecule has 4 rings (SSSR count). The Morgan fingerprint density at radius 1 is 1.38 bits per heavy atom. The van der Waals surface area contributed by atoms with Gasteiger partial charge in [0, 0.05) is 19.7 Å².